The van der Waals surface area contributed by atoms with Gasteiger partial charge in [-0.25, -0.2) is 4.79 Å². The van der Waals surface area contributed by atoms with Crippen molar-refractivity contribution in [2.24, 2.45) is 17.8 Å². The first-order valence-corrected chi connectivity index (χ1v) is 12.9. The molecule has 8 nitrogen and oxygen atoms in total. The van der Waals surface area contributed by atoms with E-state index in [0.29, 0.717) is 16.2 Å². The van der Waals surface area contributed by atoms with Gasteiger partial charge in [0, 0.05) is 33.2 Å². The van der Waals surface area contributed by atoms with Crippen LogP contribution in [0.4, 0.5) is 5.69 Å². The molecule has 196 valence electrons. The number of ketones is 2. The largest absolute Gasteiger partial charge is 0.508 e. The first-order chi connectivity index (χ1) is 18.6. The zero-order valence-corrected chi connectivity index (χ0v) is 21.4. The number of aromatic hydroxyl groups is 1. The summed E-state index contributed by atoms with van der Waals surface area (Å²) in [5, 5.41) is 20.6. The SMILES string of the molecule is CC1=CC(=O)C2=C(CC3C(=CCC4C(=O)N(c5cccc(C(=O)O)c5)C(=O)C43)C2c2cc(Cl)ccc2O)C1=O. The van der Waals surface area contributed by atoms with Gasteiger partial charge in [0.15, 0.2) is 11.6 Å². The standard InChI is InChI=1S/C30H22ClNO7/c1-13-9-23(34)26-21(27(13)35)12-19-17(24(26)20-11-15(31)5-8-22(20)33)6-7-18-25(19)29(37)32(28(18)36)16-4-2-3-14(10-16)30(38)39/h2-6,8-11,18-19,24-25,33H,7,12H2,1H3,(H,38,39). The molecule has 0 spiro atoms. The zero-order chi connectivity index (χ0) is 27.7. The summed E-state index contributed by atoms with van der Waals surface area (Å²) in [6, 6.07) is 10.1. The van der Waals surface area contributed by atoms with Gasteiger partial charge in [0.2, 0.25) is 11.8 Å². The number of nitrogens with zero attached hydrogens (tertiary/aromatic N) is 1. The number of fused-ring (bicyclic) bond motifs is 3. The van der Waals surface area contributed by atoms with Crippen molar-refractivity contribution in [1.82, 2.24) is 0 Å². The summed E-state index contributed by atoms with van der Waals surface area (Å²) in [5.74, 6) is -5.78. The second-order valence-electron chi connectivity index (χ2n) is 10.3. The van der Waals surface area contributed by atoms with Crippen LogP contribution in [0, 0.1) is 17.8 Å². The molecule has 1 aliphatic heterocycles. The van der Waals surface area contributed by atoms with Crippen LogP contribution in [0.3, 0.4) is 0 Å². The van der Waals surface area contributed by atoms with Crippen LogP contribution in [0.5, 0.6) is 5.75 Å². The van der Waals surface area contributed by atoms with Gasteiger partial charge in [-0.2, -0.15) is 0 Å². The van der Waals surface area contributed by atoms with Gasteiger partial charge in [-0.1, -0.05) is 29.3 Å². The summed E-state index contributed by atoms with van der Waals surface area (Å²) in [5.41, 5.74) is 1.96. The molecule has 2 aromatic carbocycles. The molecule has 2 N–H and O–H groups in total. The van der Waals surface area contributed by atoms with Gasteiger partial charge >= 0.3 is 5.97 Å². The monoisotopic (exact) mass is 543 g/mol. The Morgan fingerprint density at radius 1 is 1.03 bits per heavy atom. The molecule has 0 aromatic heterocycles. The Morgan fingerprint density at radius 3 is 2.54 bits per heavy atom. The van der Waals surface area contributed by atoms with Crippen LogP contribution >= 0.6 is 11.6 Å². The van der Waals surface area contributed by atoms with Gasteiger partial charge in [0.25, 0.3) is 0 Å². The lowest BCUT2D eigenvalue weighted by molar-refractivity contribution is -0.123. The smallest absolute Gasteiger partial charge is 0.335 e. The molecule has 6 rings (SSSR count). The highest BCUT2D eigenvalue weighted by atomic mass is 35.5. The maximum absolute atomic E-state index is 13.9. The zero-order valence-electron chi connectivity index (χ0n) is 20.7. The van der Waals surface area contributed by atoms with E-state index in [1.165, 1.54) is 42.5 Å². The third kappa shape index (κ3) is 3.70. The van der Waals surface area contributed by atoms with Crippen molar-refractivity contribution in [3.63, 3.8) is 0 Å². The molecule has 2 amide bonds. The lowest BCUT2D eigenvalue weighted by Gasteiger charge is -2.42. The molecule has 1 fully saturated rings. The highest BCUT2D eigenvalue weighted by Gasteiger charge is 2.56. The average Bonchev–Trinajstić information content (AvgIpc) is 3.17. The first-order valence-electron chi connectivity index (χ1n) is 12.5. The van der Waals surface area contributed by atoms with E-state index in [1.807, 2.05) is 6.08 Å². The molecule has 39 heavy (non-hydrogen) atoms. The van der Waals surface area contributed by atoms with E-state index in [9.17, 15) is 34.2 Å². The summed E-state index contributed by atoms with van der Waals surface area (Å²) in [6.45, 7) is 1.56. The highest BCUT2D eigenvalue weighted by Crippen LogP contribution is 2.56. The van der Waals surface area contributed by atoms with E-state index in [0.717, 1.165) is 4.90 Å². The lowest BCUT2D eigenvalue weighted by atomic mass is 9.59. The number of hydrogen-bond donors (Lipinski definition) is 2. The van der Waals surface area contributed by atoms with Gasteiger partial charge in [-0.05, 0) is 68.2 Å². The van der Waals surface area contributed by atoms with Crippen LogP contribution in [-0.4, -0.2) is 39.6 Å². The molecule has 1 heterocycles. The second kappa shape index (κ2) is 8.88. The minimum Gasteiger partial charge on any atom is -0.508 e. The molecule has 9 heteroatoms. The number of anilines is 1. The number of imide groups is 1. The van der Waals surface area contributed by atoms with Crippen LogP contribution in [0.1, 0.15) is 41.6 Å². The number of carboxylic acid groups (broad SMARTS) is 1. The average molecular weight is 544 g/mol. The van der Waals surface area contributed by atoms with E-state index in [4.69, 9.17) is 11.6 Å². The first kappa shape index (κ1) is 25.0. The van der Waals surface area contributed by atoms with Gasteiger partial charge in [-0.3, -0.25) is 24.1 Å². The Hall–Kier alpha value is -4.30. The third-order valence-electron chi connectivity index (χ3n) is 8.21. The number of phenolic OH excluding ortho intramolecular Hbond substituents is 1. The quantitative estimate of drug-likeness (QED) is 0.334. The van der Waals surface area contributed by atoms with Crippen LogP contribution in [0.25, 0.3) is 0 Å². The van der Waals surface area contributed by atoms with Gasteiger partial charge in [0.05, 0.1) is 23.1 Å². The number of phenols is 1. The summed E-state index contributed by atoms with van der Waals surface area (Å²) in [7, 11) is 0. The summed E-state index contributed by atoms with van der Waals surface area (Å²) < 4.78 is 0. The Kier molecular flexibility index (Phi) is 5.69. The molecule has 2 aromatic rings. The molecule has 4 aliphatic rings. The molecule has 0 bridgehead atoms. The number of carbonyl (C=O) groups is 5. The molecule has 4 unspecified atom stereocenters. The number of amides is 2. The fourth-order valence-electron chi connectivity index (χ4n) is 6.53. The number of allylic oxidation sites excluding steroid dienone is 6. The molecule has 3 aliphatic carbocycles. The molecule has 4 atom stereocenters. The van der Waals surface area contributed by atoms with Crippen LogP contribution in [-0.2, 0) is 19.2 Å². The van der Waals surface area contributed by atoms with E-state index < -0.39 is 41.5 Å². The van der Waals surface area contributed by atoms with Gasteiger partial charge in [-0.15, -0.1) is 0 Å². The van der Waals surface area contributed by atoms with Gasteiger partial charge in [0.1, 0.15) is 5.75 Å². The number of rotatable bonds is 3. The fraction of sp³-hybridized carbons (Fsp3) is 0.233. The van der Waals surface area contributed by atoms with Crippen molar-refractivity contribution in [3.05, 3.63) is 93.1 Å². The number of benzene rings is 2. The number of Topliss-reactive ketones (excluding diaryl/α,β-unsaturated/α-hetero) is 1. The fourth-order valence-corrected chi connectivity index (χ4v) is 6.71. The van der Waals surface area contributed by atoms with Crippen molar-refractivity contribution < 1.29 is 34.2 Å². The number of aromatic carboxylic acids is 1. The normalized spacial score (nSPS) is 26.2. The van der Waals surface area contributed by atoms with Crippen molar-refractivity contribution in [2.75, 3.05) is 4.90 Å². The summed E-state index contributed by atoms with van der Waals surface area (Å²) in [6.07, 6.45) is 3.45. The minimum absolute atomic E-state index is 0.0562. The van der Waals surface area contributed by atoms with Crippen LogP contribution in [0.15, 0.2) is 76.9 Å². The predicted octanol–water partition coefficient (Wildman–Crippen LogP) is 4.38. The maximum atomic E-state index is 13.9. The van der Waals surface area contributed by atoms with E-state index in [2.05, 4.69) is 0 Å². The maximum Gasteiger partial charge on any atom is 0.335 e. The molecular formula is C30H22ClNO7. The highest BCUT2D eigenvalue weighted by molar-refractivity contribution is 6.30. The third-order valence-corrected chi connectivity index (χ3v) is 8.45. The predicted molar refractivity (Wildman–Crippen MR) is 140 cm³/mol. The van der Waals surface area contributed by atoms with E-state index in [-0.39, 0.29) is 58.1 Å². The van der Waals surface area contributed by atoms with Crippen molar-refractivity contribution in [2.45, 2.75) is 25.7 Å². The van der Waals surface area contributed by atoms with Crippen molar-refractivity contribution >= 4 is 46.6 Å². The number of carbonyl (C=O) groups excluding carboxylic acids is 4. The van der Waals surface area contributed by atoms with E-state index >= 15 is 0 Å². The topological polar surface area (TPSA) is 129 Å². The molecule has 1 saturated heterocycles. The molecule has 0 saturated carbocycles. The Balaban J connectivity index is 1.49. The Morgan fingerprint density at radius 2 is 1.79 bits per heavy atom. The molecule has 0 radical (unpaired) electrons. The van der Waals surface area contributed by atoms with Crippen LogP contribution in [0.2, 0.25) is 5.02 Å². The number of halogens is 1. The number of hydrogen-bond acceptors (Lipinski definition) is 6. The minimum atomic E-state index is -1.18. The van der Waals surface area contributed by atoms with Crippen molar-refractivity contribution in [1.29, 1.82) is 0 Å². The summed E-state index contributed by atoms with van der Waals surface area (Å²) >= 11 is 6.27. The Labute approximate surface area is 227 Å². The van der Waals surface area contributed by atoms with Crippen molar-refractivity contribution in [3.8, 4) is 5.75 Å². The van der Waals surface area contributed by atoms with Gasteiger partial charge < -0.3 is 10.2 Å². The second-order valence-corrected chi connectivity index (χ2v) is 10.7. The van der Waals surface area contributed by atoms with E-state index in [1.54, 1.807) is 13.0 Å². The molecular weight excluding hydrogens is 522 g/mol. The summed E-state index contributed by atoms with van der Waals surface area (Å²) in [4.78, 5) is 66.6. The lowest BCUT2D eigenvalue weighted by Crippen LogP contribution is -2.39. The number of carboxylic acids is 1. The Bertz CT molecular complexity index is 1630. The van der Waals surface area contributed by atoms with Crippen LogP contribution < -0.4 is 4.90 Å².